The van der Waals surface area contributed by atoms with Crippen LogP contribution in [0.3, 0.4) is 0 Å². The maximum atomic E-state index is 5.96. The normalized spacial score (nSPS) is 12.1. The second-order valence-corrected chi connectivity index (χ2v) is 5.66. The van der Waals surface area contributed by atoms with Crippen molar-refractivity contribution in [1.82, 2.24) is 9.88 Å². The summed E-state index contributed by atoms with van der Waals surface area (Å²) < 4.78 is 0. The standard InChI is InChI=1S/C15H22N4/c1-15(2,19(3)4)10-18-13-8-7-12(16)14-11(13)6-5-9-17-14/h5-9,18H,10,16H2,1-4H3. The van der Waals surface area contributed by atoms with Crippen LogP contribution in [0.5, 0.6) is 0 Å². The predicted molar refractivity (Wildman–Crippen MR) is 82.4 cm³/mol. The van der Waals surface area contributed by atoms with Gasteiger partial charge in [-0.3, -0.25) is 4.98 Å². The molecule has 0 unspecified atom stereocenters. The first-order valence-electron chi connectivity index (χ1n) is 6.46. The number of anilines is 2. The number of pyridine rings is 1. The molecule has 3 N–H and O–H groups in total. The SMILES string of the molecule is CN(C)C(C)(C)CNc1ccc(N)c2ncccc12. The fourth-order valence-electron chi connectivity index (χ4n) is 1.82. The maximum Gasteiger partial charge on any atom is 0.0951 e. The van der Waals surface area contributed by atoms with Crippen molar-refractivity contribution >= 4 is 22.3 Å². The van der Waals surface area contributed by atoms with Gasteiger partial charge in [-0.2, -0.15) is 0 Å². The van der Waals surface area contributed by atoms with Crippen LogP contribution in [-0.2, 0) is 0 Å². The number of benzene rings is 1. The molecule has 0 saturated heterocycles. The van der Waals surface area contributed by atoms with Gasteiger partial charge in [0.25, 0.3) is 0 Å². The fourth-order valence-corrected chi connectivity index (χ4v) is 1.82. The number of fused-ring (bicyclic) bond motifs is 1. The summed E-state index contributed by atoms with van der Waals surface area (Å²) in [6.45, 7) is 5.27. The highest BCUT2D eigenvalue weighted by atomic mass is 15.2. The molecule has 0 aliphatic heterocycles. The Morgan fingerprint density at radius 3 is 2.68 bits per heavy atom. The molecule has 0 aliphatic carbocycles. The largest absolute Gasteiger partial charge is 0.397 e. The van der Waals surface area contributed by atoms with Crippen LogP contribution in [0.2, 0.25) is 0 Å². The lowest BCUT2D eigenvalue weighted by molar-refractivity contribution is 0.210. The molecule has 19 heavy (non-hydrogen) atoms. The molecule has 4 nitrogen and oxygen atoms in total. The zero-order valence-electron chi connectivity index (χ0n) is 12.1. The molecule has 4 heteroatoms. The molecule has 0 bridgehead atoms. The smallest absolute Gasteiger partial charge is 0.0951 e. The minimum absolute atomic E-state index is 0.0793. The molecule has 0 radical (unpaired) electrons. The van der Waals surface area contributed by atoms with Crippen LogP contribution >= 0.6 is 0 Å². The molecule has 0 spiro atoms. The molecular formula is C15H22N4. The Labute approximate surface area is 114 Å². The third kappa shape index (κ3) is 2.79. The van der Waals surface area contributed by atoms with E-state index in [-0.39, 0.29) is 5.54 Å². The van der Waals surface area contributed by atoms with Gasteiger partial charge in [0.15, 0.2) is 0 Å². The van der Waals surface area contributed by atoms with Crippen LogP contribution in [0.1, 0.15) is 13.8 Å². The van der Waals surface area contributed by atoms with E-state index in [4.69, 9.17) is 5.73 Å². The minimum Gasteiger partial charge on any atom is -0.397 e. The van der Waals surface area contributed by atoms with Crippen molar-refractivity contribution in [2.45, 2.75) is 19.4 Å². The summed E-state index contributed by atoms with van der Waals surface area (Å²) in [5.74, 6) is 0. The van der Waals surface area contributed by atoms with Crippen LogP contribution in [0, 0.1) is 0 Å². The van der Waals surface area contributed by atoms with E-state index in [0.29, 0.717) is 5.69 Å². The number of likely N-dealkylation sites (N-methyl/N-ethyl adjacent to an activating group) is 1. The van der Waals surface area contributed by atoms with Crippen LogP contribution in [0.25, 0.3) is 10.9 Å². The van der Waals surface area contributed by atoms with Crippen molar-refractivity contribution in [3.63, 3.8) is 0 Å². The summed E-state index contributed by atoms with van der Waals surface area (Å²) in [6, 6.07) is 7.90. The van der Waals surface area contributed by atoms with Gasteiger partial charge in [-0.1, -0.05) is 0 Å². The van der Waals surface area contributed by atoms with Crippen molar-refractivity contribution in [2.75, 3.05) is 31.7 Å². The van der Waals surface area contributed by atoms with Crippen molar-refractivity contribution in [3.05, 3.63) is 30.5 Å². The number of nitrogens with one attached hydrogen (secondary N) is 1. The van der Waals surface area contributed by atoms with E-state index in [9.17, 15) is 0 Å². The van der Waals surface area contributed by atoms with E-state index < -0.39 is 0 Å². The van der Waals surface area contributed by atoms with Gasteiger partial charge in [-0.25, -0.2) is 0 Å². The van der Waals surface area contributed by atoms with E-state index in [1.165, 1.54) is 0 Å². The van der Waals surface area contributed by atoms with Crippen LogP contribution in [0.4, 0.5) is 11.4 Å². The predicted octanol–water partition coefficient (Wildman–Crippen LogP) is 2.57. The van der Waals surface area contributed by atoms with Gasteiger partial charge in [-0.05, 0) is 52.2 Å². The molecule has 0 amide bonds. The second kappa shape index (κ2) is 5.05. The topological polar surface area (TPSA) is 54.2 Å². The Bertz CT molecular complexity index is 575. The fraction of sp³-hybridized carbons (Fsp3) is 0.400. The Morgan fingerprint density at radius 2 is 2.00 bits per heavy atom. The van der Waals surface area contributed by atoms with Crippen molar-refractivity contribution < 1.29 is 0 Å². The lowest BCUT2D eigenvalue weighted by Gasteiger charge is -2.33. The summed E-state index contributed by atoms with van der Waals surface area (Å²) in [5, 5.41) is 4.57. The average molecular weight is 258 g/mol. The van der Waals surface area contributed by atoms with E-state index in [0.717, 1.165) is 23.1 Å². The molecule has 0 saturated carbocycles. The highest BCUT2D eigenvalue weighted by molar-refractivity contribution is 5.98. The first-order valence-corrected chi connectivity index (χ1v) is 6.46. The number of aromatic nitrogens is 1. The molecule has 1 aromatic heterocycles. The Morgan fingerprint density at radius 1 is 1.26 bits per heavy atom. The molecule has 0 atom stereocenters. The highest BCUT2D eigenvalue weighted by Crippen LogP contribution is 2.27. The van der Waals surface area contributed by atoms with E-state index in [2.05, 4.69) is 43.1 Å². The third-order valence-electron chi connectivity index (χ3n) is 3.72. The van der Waals surface area contributed by atoms with Crippen molar-refractivity contribution in [2.24, 2.45) is 0 Å². The number of nitrogens with two attached hydrogens (primary N) is 1. The molecule has 1 heterocycles. The second-order valence-electron chi connectivity index (χ2n) is 5.66. The zero-order chi connectivity index (χ0) is 14.0. The third-order valence-corrected chi connectivity index (χ3v) is 3.72. The molecule has 2 rings (SSSR count). The lowest BCUT2D eigenvalue weighted by atomic mass is 10.0. The molecule has 2 aromatic rings. The summed E-state index contributed by atoms with van der Waals surface area (Å²) in [5.41, 5.74) is 8.68. The summed E-state index contributed by atoms with van der Waals surface area (Å²) in [7, 11) is 4.18. The number of hydrogen-bond donors (Lipinski definition) is 2. The summed E-state index contributed by atoms with van der Waals surface area (Å²) in [6.07, 6.45) is 1.77. The summed E-state index contributed by atoms with van der Waals surface area (Å²) >= 11 is 0. The van der Waals surface area contributed by atoms with E-state index in [1.807, 2.05) is 24.3 Å². The highest BCUT2D eigenvalue weighted by Gasteiger charge is 2.20. The monoisotopic (exact) mass is 258 g/mol. The Balaban J connectivity index is 2.29. The van der Waals surface area contributed by atoms with Gasteiger partial charge in [0, 0.05) is 29.4 Å². The van der Waals surface area contributed by atoms with Gasteiger partial charge in [0.05, 0.1) is 11.2 Å². The summed E-state index contributed by atoms with van der Waals surface area (Å²) in [4.78, 5) is 6.55. The average Bonchev–Trinajstić information content (AvgIpc) is 2.38. The quantitative estimate of drug-likeness (QED) is 0.828. The van der Waals surface area contributed by atoms with E-state index >= 15 is 0 Å². The Kier molecular flexibility index (Phi) is 3.62. The molecule has 0 fully saturated rings. The molecule has 1 aromatic carbocycles. The lowest BCUT2D eigenvalue weighted by Crippen LogP contribution is -2.44. The number of nitrogen functional groups attached to an aromatic ring is 1. The van der Waals surface area contributed by atoms with Crippen molar-refractivity contribution in [3.8, 4) is 0 Å². The zero-order valence-corrected chi connectivity index (χ0v) is 12.1. The first kappa shape index (κ1) is 13.6. The van der Waals surface area contributed by atoms with Gasteiger partial charge in [0.1, 0.15) is 0 Å². The molecule has 102 valence electrons. The molecular weight excluding hydrogens is 236 g/mol. The van der Waals surface area contributed by atoms with Crippen LogP contribution < -0.4 is 11.1 Å². The molecule has 0 aliphatic rings. The van der Waals surface area contributed by atoms with Crippen LogP contribution in [-0.4, -0.2) is 36.1 Å². The van der Waals surface area contributed by atoms with Gasteiger partial charge in [0.2, 0.25) is 0 Å². The number of rotatable bonds is 4. The Hall–Kier alpha value is -1.81. The van der Waals surface area contributed by atoms with Crippen molar-refractivity contribution in [1.29, 1.82) is 0 Å². The van der Waals surface area contributed by atoms with E-state index in [1.54, 1.807) is 6.20 Å². The van der Waals surface area contributed by atoms with Gasteiger partial charge >= 0.3 is 0 Å². The maximum absolute atomic E-state index is 5.96. The first-order chi connectivity index (χ1) is 8.92. The number of hydrogen-bond acceptors (Lipinski definition) is 4. The van der Waals surface area contributed by atoms with Gasteiger partial charge in [-0.15, -0.1) is 0 Å². The number of nitrogens with zero attached hydrogens (tertiary/aromatic N) is 2. The minimum atomic E-state index is 0.0793. The van der Waals surface area contributed by atoms with Gasteiger partial charge < -0.3 is 16.0 Å². The van der Waals surface area contributed by atoms with Crippen LogP contribution in [0.15, 0.2) is 30.5 Å².